The minimum absolute atomic E-state index is 0.201. The van der Waals surface area contributed by atoms with Crippen LogP contribution in [0.15, 0.2) is 53.6 Å². The first-order valence-electron chi connectivity index (χ1n) is 9.18. The largest absolute Gasteiger partial charge is 0.483 e. The van der Waals surface area contributed by atoms with E-state index in [0.717, 1.165) is 5.56 Å². The molecule has 0 saturated heterocycles. The van der Waals surface area contributed by atoms with Gasteiger partial charge in [-0.2, -0.15) is 5.10 Å². The third-order valence-corrected chi connectivity index (χ3v) is 3.75. The number of para-hydroxylation sites is 1. The summed E-state index contributed by atoms with van der Waals surface area (Å²) in [6.45, 7) is 2.25. The number of hydrogen-bond donors (Lipinski definition) is 3. The number of rotatable bonds is 9. The van der Waals surface area contributed by atoms with E-state index in [9.17, 15) is 14.4 Å². The van der Waals surface area contributed by atoms with E-state index in [1.54, 1.807) is 30.3 Å². The first-order valence-corrected chi connectivity index (χ1v) is 9.18. The van der Waals surface area contributed by atoms with Gasteiger partial charge in [0.1, 0.15) is 5.75 Å². The zero-order chi connectivity index (χ0) is 21.8. The molecule has 9 heteroatoms. The van der Waals surface area contributed by atoms with Crippen molar-refractivity contribution in [2.24, 2.45) is 5.10 Å². The molecule has 0 atom stereocenters. The molecule has 2 aromatic carbocycles. The lowest BCUT2D eigenvalue weighted by Gasteiger charge is -2.10. The van der Waals surface area contributed by atoms with Gasteiger partial charge in [0.25, 0.3) is 5.91 Å². The zero-order valence-electron chi connectivity index (χ0n) is 16.8. The van der Waals surface area contributed by atoms with Gasteiger partial charge < -0.3 is 20.1 Å². The van der Waals surface area contributed by atoms with Crippen LogP contribution in [0, 0.1) is 6.92 Å². The Labute approximate surface area is 174 Å². The monoisotopic (exact) mass is 412 g/mol. The van der Waals surface area contributed by atoms with Crippen molar-refractivity contribution in [1.29, 1.82) is 0 Å². The third kappa shape index (κ3) is 7.72. The van der Waals surface area contributed by atoms with Crippen molar-refractivity contribution in [3.05, 3.63) is 59.7 Å². The predicted octanol–water partition coefficient (Wildman–Crippen LogP) is 1.23. The van der Waals surface area contributed by atoms with Crippen molar-refractivity contribution in [2.75, 3.05) is 32.2 Å². The van der Waals surface area contributed by atoms with E-state index in [2.05, 4.69) is 21.2 Å². The van der Waals surface area contributed by atoms with Crippen LogP contribution in [0.2, 0.25) is 0 Å². The number of hydrogen-bond acceptors (Lipinski definition) is 6. The molecule has 0 spiro atoms. The summed E-state index contributed by atoms with van der Waals surface area (Å²) in [4.78, 5) is 35.3. The molecule has 0 fully saturated rings. The minimum atomic E-state index is -0.904. The summed E-state index contributed by atoms with van der Waals surface area (Å²) >= 11 is 0. The van der Waals surface area contributed by atoms with Crippen molar-refractivity contribution in [3.8, 4) is 5.75 Å². The number of carbonyl (C=O) groups is 3. The Morgan fingerprint density at radius 1 is 1.07 bits per heavy atom. The standard InChI is InChI=1S/C21H24N4O5/c1-15-6-5-8-17(12-15)24-19(26)14-30-18-9-4-3-7-16(18)13-23-25-21(28)20(27)22-10-11-29-2/h3-9,12-13H,10-11,14H2,1-2H3,(H,22,27)(H,24,26)(H,25,28)/b23-13-. The molecule has 0 aromatic heterocycles. The second kappa shape index (κ2) is 12.0. The highest BCUT2D eigenvalue weighted by Gasteiger charge is 2.11. The van der Waals surface area contributed by atoms with E-state index in [-0.39, 0.29) is 19.1 Å². The second-order valence-corrected chi connectivity index (χ2v) is 6.19. The van der Waals surface area contributed by atoms with Crippen LogP contribution >= 0.6 is 0 Å². The molecule has 158 valence electrons. The molecule has 0 aliphatic rings. The molecule has 30 heavy (non-hydrogen) atoms. The number of hydrazone groups is 1. The smallest absolute Gasteiger partial charge is 0.329 e. The number of anilines is 1. The van der Waals surface area contributed by atoms with Crippen LogP contribution in [0.5, 0.6) is 5.75 Å². The Bertz CT molecular complexity index is 914. The van der Waals surface area contributed by atoms with E-state index in [1.165, 1.54) is 13.3 Å². The van der Waals surface area contributed by atoms with Crippen LogP contribution in [0.4, 0.5) is 5.69 Å². The van der Waals surface area contributed by atoms with Gasteiger partial charge in [0.15, 0.2) is 6.61 Å². The average Bonchev–Trinajstić information content (AvgIpc) is 2.73. The van der Waals surface area contributed by atoms with Crippen molar-refractivity contribution >= 4 is 29.6 Å². The number of methoxy groups -OCH3 is 1. The molecule has 2 rings (SSSR count). The van der Waals surface area contributed by atoms with E-state index < -0.39 is 11.8 Å². The Morgan fingerprint density at radius 3 is 2.63 bits per heavy atom. The Morgan fingerprint density at radius 2 is 1.87 bits per heavy atom. The molecule has 2 aromatic rings. The molecule has 0 unspecified atom stereocenters. The van der Waals surface area contributed by atoms with Gasteiger partial charge in [-0.25, -0.2) is 5.43 Å². The van der Waals surface area contributed by atoms with Crippen LogP contribution in [-0.2, 0) is 19.1 Å². The van der Waals surface area contributed by atoms with Crippen LogP contribution in [-0.4, -0.2) is 50.8 Å². The third-order valence-electron chi connectivity index (χ3n) is 3.75. The van der Waals surface area contributed by atoms with Crippen LogP contribution in [0.3, 0.4) is 0 Å². The van der Waals surface area contributed by atoms with Crippen molar-refractivity contribution in [3.63, 3.8) is 0 Å². The fourth-order valence-electron chi connectivity index (χ4n) is 2.34. The van der Waals surface area contributed by atoms with Gasteiger partial charge in [-0.3, -0.25) is 14.4 Å². The van der Waals surface area contributed by atoms with E-state index in [4.69, 9.17) is 9.47 Å². The van der Waals surface area contributed by atoms with Gasteiger partial charge in [-0.05, 0) is 36.8 Å². The lowest BCUT2D eigenvalue weighted by atomic mass is 10.2. The number of aryl methyl sites for hydroxylation is 1. The van der Waals surface area contributed by atoms with Crippen molar-refractivity contribution in [1.82, 2.24) is 10.7 Å². The van der Waals surface area contributed by atoms with Gasteiger partial charge in [0, 0.05) is 24.9 Å². The molecular formula is C21H24N4O5. The van der Waals surface area contributed by atoms with Gasteiger partial charge >= 0.3 is 11.8 Å². The lowest BCUT2D eigenvalue weighted by Crippen LogP contribution is -2.39. The van der Waals surface area contributed by atoms with Crippen LogP contribution in [0.1, 0.15) is 11.1 Å². The maximum absolute atomic E-state index is 12.1. The lowest BCUT2D eigenvalue weighted by molar-refractivity contribution is -0.139. The first-order chi connectivity index (χ1) is 14.5. The highest BCUT2D eigenvalue weighted by atomic mass is 16.5. The summed E-state index contributed by atoms with van der Waals surface area (Å²) in [6.07, 6.45) is 1.33. The average molecular weight is 412 g/mol. The number of benzene rings is 2. The summed E-state index contributed by atoms with van der Waals surface area (Å²) in [5.74, 6) is -1.63. The van der Waals surface area contributed by atoms with Gasteiger partial charge in [0.2, 0.25) is 0 Å². The maximum atomic E-state index is 12.1. The quantitative estimate of drug-likeness (QED) is 0.248. The van der Waals surface area contributed by atoms with Crippen molar-refractivity contribution in [2.45, 2.75) is 6.92 Å². The second-order valence-electron chi connectivity index (χ2n) is 6.19. The Kier molecular flexibility index (Phi) is 9.01. The molecule has 0 bridgehead atoms. The molecule has 0 aliphatic heterocycles. The highest BCUT2D eigenvalue weighted by molar-refractivity contribution is 6.35. The number of nitrogens with zero attached hydrogens (tertiary/aromatic N) is 1. The molecular weight excluding hydrogens is 388 g/mol. The molecule has 0 heterocycles. The minimum Gasteiger partial charge on any atom is -0.483 e. The first kappa shape index (κ1) is 22.6. The molecule has 0 aliphatic carbocycles. The molecule has 0 radical (unpaired) electrons. The maximum Gasteiger partial charge on any atom is 0.329 e. The highest BCUT2D eigenvalue weighted by Crippen LogP contribution is 2.16. The van der Waals surface area contributed by atoms with E-state index >= 15 is 0 Å². The van der Waals surface area contributed by atoms with Gasteiger partial charge in [0.05, 0.1) is 12.8 Å². The fourth-order valence-corrected chi connectivity index (χ4v) is 2.34. The molecule has 0 saturated carbocycles. The summed E-state index contributed by atoms with van der Waals surface area (Å²) in [6, 6.07) is 14.3. The SMILES string of the molecule is COCCNC(=O)C(=O)N/N=C\c1ccccc1OCC(=O)Nc1cccc(C)c1. The number of carbonyl (C=O) groups excluding carboxylic acids is 3. The zero-order valence-corrected chi connectivity index (χ0v) is 16.8. The van der Waals surface area contributed by atoms with Crippen LogP contribution in [0.25, 0.3) is 0 Å². The predicted molar refractivity (Wildman–Crippen MR) is 112 cm³/mol. The fraction of sp³-hybridized carbons (Fsp3) is 0.238. The number of ether oxygens (including phenoxy) is 2. The number of amides is 3. The summed E-state index contributed by atoms with van der Waals surface area (Å²) in [7, 11) is 1.49. The molecule has 3 amide bonds. The molecule has 3 N–H and O–H groups in total. The summed E-state index contributed by atoms with van der Waals surface area (Å²) in [5.41, 5.74) is 4.38. The number of nitrogens with one attached hydrogen (secondary N) is 3. The van der Waals surface area contributed by atoms with E-state index in [1.807, 2.05) is 25.1 Å². The van der Waals surface area contributed by atoms with Gasteiger partial charge in [-0.1, -0.05) is 24.3 Å². The topological polar surface area (TPSA) is 118 Å². The van der Waals surface area contributed by atoms with Gasteiger partial charge in [-0.15, -0.1) is 0 Å². The van der Waals surface area contributed by atoms with Crippen molar-refractivity contribution < 1.29 is 23.9 Å². The Hall–Kier alpha value is -3.72. The molecule has 9 nitrogen and oxygen atoms in total. The van der Waals surface area contributed by atoms with E-state index in [0.29, 0.717) is 23.6 Å². The normalized spacial score (nSPS) is 10.5. The summed E-state index contributed by atoms with van der Waals surface area (Å²) in [5, 5.41) is 8.90. The summed E-state index contributed by atoms with van der Waals surface area (Å²) < 4.78 is 10.3. The van der Waals surface area contributed by atoms with Crippen LogP contribution < -0.4 is 20.8 Å². The Balaban J connectivity index is 1.87.